The lowest BCUT2D eigenvalue weighted by Gasteiger charge is -2.20. The summed E-state index contributed by atoms with van der Waals surface area (Å²) in [6.07, 6.45) is 0.628. The van der Waals surface area contributed by atoms with Crippen molar-refractivity contribution >= 4 is 62.1 Å². The van der Waals surface area contributed by atoms with Gasteiger partial charge < -0.3 is 15.3 Å². The summed E-state index contributed by atoms with van der Waals surface area (Å²) >= 11 is 12.6. The number of aromatic nitrogens is 2. The van der Waals surface area contributed by atoms with Crippen molar-refractivity contribution in [3.8, 4) is 0 Å². The van der Waals surface area contributed by atoms with Gasteiger partial charge in [-0.1, -0.05) is 59.6 Å². The van der Waals surface area contributed by atoms with E-state index in [2.05, 4.69) is 21.4 Å². The van der Waals surface area contributed by atoms with Gasteiger partial charge in [0.15, 0.2) is 0 Å². The highest BCUT2D eigenvalue weighted by atomic mass is 35.5. The van der Waals surface area contributed by atoms with Crippen molar-refractivity contribution in [2.45, 2.75) is 13.3 Å². The number of hydrogen-bond acceptors (Lipinski definition) is 3. The number of carbonyl (C=O) groups excluding carboxylic acids is 2. The molecule has 3 N–H and O–H groups in total. The third-order valence-corrected chi connectivity index (χ3v) is 6.44. The second-order valence-electron chi connectivity index (χ2n) is 7.77. The molecule has 1 aliphatic rings. The molecule has 0 radical (unpaired) electrons. The van der Waals surface area contributed by atoms with E-state index < -0.39 is 5.78 Å². The molecule has 0 bridgehead atoms. The lowest BCUT2D eigenvalue weighted by molar-refractivity contribution is -0.114. The molecule has 0 aliphatic heterocycles. The van der Waals surface area contributed by atoms with Crippen LogP contribution in [0.1, 0.15) is 17.0 Å². The highest BCUT2D eigenvalue weighted by Gasteiger charge is 2.35. The summed E-state index contributed by atoms with van der Waals surface area (Å²) in [5.74, 6) is -0.940. The first-order valence-corrected chi connectivity index (χ1v) is 11.0. The van der Waals surface area contributed by atoms with Gasteiger partial charge in [-0.25, -0.2) is 0 Å². The third-order valence-electron chi connectivity index (χ3n) is 5.72. The Labute approximate surface area is 194 Å². The number of ketones is 2. The maximum atomic E-state index is 13.4. The Balaban J connectivity index is 1.44. The molecule has 0 fully saturated rings. The molecule has 2 aromatic carbocycles. The number of aryl methyl sites for hydroxylation is 1. The van der Waals surface area contributed by atoms with Crippen LogP contribution in [0.15, 0.2) is 70.4 Å². The van der Waals surface area contributed by atoms with Gasteiger partial charge in [-0.15, -0.1) is 0 Å². The van der Waals surface area contributed by atoms with E-state index in [9.17, 15) is 9.59 Å². The van der Waals surface area contributed by atoms with Crippen LogP contribution in [0.2, 0.25) is 0 Å². The topological polar surface area (TPSA) is 77.8 Å². The van der Waals surface area contributed by atoms with Gasteiger partial charge in [0.1, 0.15) is 15.8 Å². The van der Waals surface area contributed by atoms with Gasteiger partial charge in [0.05, 0.1) is 5.57 Å². The number of carbonyl (C=O) groups is 2. The van der Waals surface area contributed by atoms with Crippen molar-refractivity contribution in [1.29, 1.82) is 0 Å². The first-order chi connectivity index (χ1) is 15.5. The molecular formula is C25H19Cl2N3O2. The first-order valence-electron chi connectivity index (χ1n) is 10.2. The first kappa shape index (κ1) is 20.6. The van der Waals surface area contributed by atoms with Crippen molar-refractivity contribution in [3.05, 3.63) is 87.3 Å². The van der Waals surface area contributed by atoms with Crippen molar-refractivity contribution in [2.75, 3.05) is 6.54 Å². The maximum absolute atomic E-state index is 13.4. The molecular weight excluding hydrogens is 445 g/mol. The lowest BCUT2D eigenvalue weighted by Crippen LogP contribution is -2.30. The summed E-state index contributed by atoms with van der Waals surface area (Å²) in [5, 5.41) is 4.69. The average molecular weight is 464 g/mol. The minimum Gasteiger partial charge on any atom is -0.380 e. The number of H-pyrrole nitrogens is 2. The molecule has 2 aromatic heterocycles. The summed E-state index contributed by atoms with van der Waals surface area (Å²) < 4.78 is 0. The Morgan fingerprint density at radius 1 is 0.875 bits per heavy atom. The molecule has 0 atom stereocenters. The van der Waals surface area contributed by atoms with E-state index in [1.807, 2.05) is 55.5 Å². The second-order valence-corrected chi connectivity index (χ2v) is 8.52. The van der Waals surface area contributed by atoms with Crippen LogP contribution in [0.5, 0.6) is 0 Å². The van der Waals surface area contributed by atoms with Gasteiger partial charge in [0, 0.05) is 46.3 Å². The van der Waals surface area contributed by atoms with Crippen molar-refractivity contribution < 1.29 is 9.59 Å². The van der Waals surface area contributed by atoms with E-state index in [4.69, 9.17) is 23.2 Å². The lowest BCUT2D eigenvalue weighted by atomic mass is 9.91. The minimum atomic E-state index is -0.555. The largest absolute Gasteiger partial charge is 0.380 e. The standard InChI is InChI=1S/C25H19Cl2N3O2/c1-13-19(16-7-3-5-9-18(16)29-13)20-21(26)25(32)22(27)23(24(20)31)28-11-10-15-12-14-6-2-4-8-17(14)30-15/h2-9,12,28-30H,10-11H2,1H3. The molecule has 4 aromatic rings. The zero-order valence-electron chi connectivity index (χ0n) is 17.2. The molecule has 160 valence electrons. The fraction of sp³-hybridized carbons (Fsp3) is 0.120. The van der Waals surface area contributed by atoms with Crippen LogP contribution in [0.4, 0.5) is 0 Å². The fourth-order valence-electron chi connectivity index (χ4n) is 4.22. The van der Waals surface area contributed by atoms with Crippen LogP contribution < -0.4 is 5.32 Å². The van der Waals surface area contributed by atoms with E-state index >= 15 is 0 Å². The number of rotatable bonds is 5. The highest BCUT2D eigenvalue weighted by molar-refractivity contribution is 6.63. The molecule has 1 aliphatic carbocycles. The van der Waals surface area contributed by atoms with Crippen molar-refractivity contribution in [2.24, 2.45) is 0 Å². The zero-order valence-corrected chi connectivity index (χ0v) is 18.7. The molecule has 5 rings (SSSR count). The van der Waals surface area contributed by atoms with Gasteiger partial charge >= 0.3 is 0 Å². The molecule has 0 saturated heterocycles. The maximum Gasteiger partial charge on any atom is 0.218 e. The average Bonchev–Trinajstić information content (AvgIpc) is 3.35. The number of halogens is 2. The molecule has 0 spiro atoms. The number of Topliss-reactive ketones (excluding diaryl/α,β-unsaturated/α-hetero) is 2. The Morgan fingerprint density at radius 2 is 1.59 bits per heavy atom. The Morgan fingerprint density at radius 3 is 2.38 bits per heavy atom. The van der Waals surface area contributed by atoms with Crippen molar-refractivity contribution in [3.63, 3.8) is 0 Å². The zero-order chi connectivity index (χ0) is 22.4. The molecule has 7 heteroatoms. The molecule has 0 amide bonds. The van der Waals surface area contributed by atoms with Crippen LogP contribution in [-0.2, 0) is 16.0 Å². The molecule has 0 saturated carbocycles. The Kier molecular flexibility index (Phi) is 5.16. The van der Waals surface area contributed by atoms with Gasteiger partial charge in [0.2, 0.25) is 11.6 Å². The van der Waals surface area contributed by atoms with Gasteiger partial charge in [-0.05, 0) is 30.5 Å². The van der Waals surface area contributed by atoms with E-state index in [1.54, 1.807) is 0 Å². The number of nitrogens with one attached hydrogen (secondary N) is 3. The van der Waals surface area contributed by atoms with E-state index in [1.165, 1.54) is 0 Å². The summed E-state index contributed by atoms with van der Waals surface area (Å²) in [6.45, 7) is 2.28. The van der Waals surface area contributed by atoms with Crippen LogP contribution in [0, 0.1) is 6.92 Å². The number of aromatic amines is 2. The van der Waals surface area contributed by atoms with Crippen LogP contribution >= 0.6 is 23.2 Å². The Bertz CT molecular complexity index is 1440. The number of hydrogen-bond donors (Lipinski definition) is 3. The highest BCUT2D eigenvalue weighted by Crippen LogP contribution is 2.38. The number of para-hydroxylation sites is 2. The van der Waals surface area contributed by atoms with Gasteiger partial charge in [-0.3, -0.25) is 9.59 Å². The number of benzene rings is 2. The van der Waals surface area contributed by atoms with Crippen LogP contribution in [0.25, 0.3) is 27.4 Å². The minimum absolute atomic E-state index is 0.0804. The predicted octanol–water partition coefficient (Wildman–Crippen LogP) is 5.34. The van der Waals surface area contributed by atoms with Crippen molar-refractivity contribution in [1.82, 2.24) is 15.3 Å². The normalized spacial score (nSPS) is 14.8. The summed E-state index contributed by atoms with van der Waals surface area (Å²) in [7, 11) is 0. The van der Waals surface area contributed by atoms with E-state index in [0.29, 0.717) is 18.5 Å². The SMILES string of the molecule is Cc1[nH]c2ccccc2c1C1=C(Cl)C(=O)C(Cl)=C(NCCc2cc3ccccc3[nH]2)C1=O. The molecule has 2 heterocycles. The third kappa shape index (κ3) is 3.34. The molecule has 5 nitrogen and oxygen atoms in total. The second kappa shape index (κ2) is 8.01. The monoisotopic (exact) mass is 463 g/mol. The smallest absolute Gasteiger partial charge is 0.218 e. The summed E-state index contributed by atoms with van der Waals surface area (Å²) in [6, 6.07) is 17.7. The molecule has 32 heavy (non-hydrogen) atoms. The van der Waals surface area contributed by atoms with Gasteiger partial charge in [0.25, 0.3) is 0 Å². The quantitative estimate of drug-likeness (QED) is 0.349. The van der Waals surface area contributed by atoms with Gasteiger partial charge in [-0.2, -0.15) is 0 Å². The number of fused-ring (bicyclic) bond motifs is 2. The molecule has 0 unspecified atom stereocenters. The van der Waals surface area contributed by atoms with E-state index in [0.717, 1.165) is 33.2 Å². The van der Waals surface area contributed by atoms with Crippen LogP contribution in [-0.4, -0.2) is 28.1 Å². The van der Waals surface area contributed by atoms with E-state index in [-0.39, 0.29) is 27.1 Å². The predicted molar refractivity (Wildman–Crippen MR) is 129 cm³/mol. The Hall–Kier alpha value is -3.28. The number of allylic oxidation sites excluding steroid dienone is 3. The summed E-state index contributed by atoms with van der Waals surface area (Å²) in [5.41, 5.74) is 4.58. The summed E-state index contributed by atoms with van der Waals surface area (Å²) in [4.78, 5) is 32.9. The van der Waals surface area contributed by atoms with Crippen LogP contribution in [0.3, 0.4) is 0 Å². The fourth-order valence-corrected chi connectivity index (χ4v) is 4.79.